The van der Waals surface area contributed by atoms with Crippen molar-refractivity contribution in [1.82, 2.24) is 0 Å². The molecule has 0 aromatic heterocycles. The van der Waals surface area contributed by atoms with E-state index in [0.717, 1.165) is 30.2 Å². The lowest BCUT2D eigenvalue weighted by molar-refractivity contribution is -0.135. The molecule has 5 heteroatoms. The normalized spacial score (nSPS) is 20.8. The van der Waals surface area contributed by atoms with Crippen molar-refractivity contribution in [3.63, 3.8) is 0 Å². The molecule has 28 heavy (non-hydrogen) atoms. The lowest BCUT2D eigenvalue weighted by atomic mass is 9.85. The molecule has 4 nitrogen and oxygen atoms in total. The van der Waals surface area contributed by atoms with Gasteiger partial charge in [-0.1, -0.05) is 35.0 Å². The summed E-state index contributed by atoms with van der Waals surface area (Å²) in [6.07, 6.45) is 4.90. The minimum atomic E-state index is -1.82. The minimum Gasteiger partial charge on any atom is -0.375 e. The highest BCUT2D eigenvalue weighted by atomic mass is 79.9. The molecule has 1 aliphatic carbocycles. The predicted octanol–water partition coefficient (Wildman–Crippen LogP) is 4.55. The molecule has 146 valence electrons. The Kier molecular flexibility index (Phi) is 5.15. The third-order valence-electron chi connectivity index (χ3n) is 5.83. The third kappa shape index (κ3) is 3.20. The SMILES string of the molecule is CCCN1C(=O)C(O)(CC(=O)c2ccc3c(c2)CCCC3)c2cc(Br)ccc21. The van der Waals surface area contributed by atoms with Gasteiger partial charge >= 0.3 is 0 Å². The number of carbonyl (C=O) groups is 2. The number of nitrogens with zero attached hydrogens (tertiary/aromatic N) is 1. The van der Waals surface area contributed by atoms with Crippen molar-refractivity contribution in [2.45, 2.75) is 51.0 Å². The monoisotopic (exact) mass is 441 g/mol. The lowest BCUT2D eigenvalue weighted by Crippen LogP contribution is -2.42. The van der Waals surface area contributed by atoms with Gasteiger partial charge in [-0.3, -0.25) is 9.59 Å². The number of carbonyl (C=O) groups excluding carboxylic acids is 2. The molecule has 1 unspecified atom stereocenters. The third-order valence-corrected chi connectivity index (χ3v) is 6.32. The van der Waals surface area contributed by atoms with Gasteiger partial charge in [0.25, 0.3) is 5.91 Å². The van der Waals surface area contributed by atoms with Crippen molar-refractivity contribution in [2.75, 3.05) is 11.4 Å². The molecule has 4 rings (SSSR count). The molecule has 1 aliphatic heterocycles. The summed E-state index contributed by atoms with van der Waals surface area (Å²) in [7, 11) is 0. The van der Waals surface area contributed by atoms with E-state index < -0.39 is 11.5 Å². The predicted molar refractivity (Wildman–Crippen MR) is 113 cm³/mol. The average Bonchev–Trinajstić information content (AvgIpc) is 2.89. The van der Waals surface area contributed by atoms with Crippen LogP contribution in [0.3, 0.4) is 0 Å². The fourth-order valence-electron chi connectivity index (χ4n) is 4.38. The van der Waals surface area contributed by atoms with Gasteiger partial charge in [0.05, 0.1) is 12.1 Å². The molecule has 2 aromatic carbocycles. The zero-order valence-electron chi connectivity index (χ0n) is 16.0. The fraction of sp³-hybridized carbons (Fsp3) is 0.391. The van der Waals surface area contributed by atoms with E-state index in [1.807, 2.05) is 37.3 Å². The molecular formula is C23H24BrNO3. The fourth-order valence-corrected chi connectivity index (χ4v) is 4.74. The Morgan fingerprint density at radius 1 is 1.14 bits per heavy atom. The molecule has 0 bridgehead atoms. The van der Waals surface area contributed by atoms with Gasteiger partial charge in [0, 0.05) is 22.1 Å². The zero-order valence-corrected chi connectivity index (χ0v) is 17.6. The summed E-state index contributed by atoms with van der Waals surface area (Å²) in [6, 6.07) is 11.2. The van der Waals surface area contributed by atoms with Crippen LogP contribution in [0.2, 0.25) is 0 Å². The topological polar surface area (TPSA) is 57.6 Å². The van der Waals surface area contributed by atoms with Crippen molar-refractivity contribution in [3.8, 4) is 0 Å². The highest BCUT2D eigenvalue weighted by Gasteiger charge is 2.50. The second-order valence-electron chi connectivity index (χ2n) is 7.77. The Morgan fingerprint density at radius 2 is 1.89 bits per heavy atom. The van der Waals surface area contributed by atoms with Crippen molar-refractivity contribution in [2.24, 2.45) is 0 Å². The van der Waals surface area contributed by atoms with Gasteiger partial charge in [-0.25, -0.2) is 0 Å². The van der Waals surface area contributed by atoms with Crippen molar-refractivity contribution < 1.29 is 14.7 Å². The van der Waals surface area contributed by atoms with Crippen LogP contribution in [-0.4, -0.2) is 23.3 Å². The number of Topliss-reactive ketones (excluding diaryl/α,β-unsaturated/α-hetero) is 1. The first-order valence-electron chi connectivity index (χ1n) is 9.93. The maximum atomic E-state index is 13.1. The van der Waals surface area contributed by atoms with E-state index in [0.29, 0.717) is 23.4 Å². The maximum Gasteiger partial charge on any atom is 0.264 e. The molecule has 0 fully saturated rings. The van der Waals surface area contributed by atoms with Gasteiger partial charge in [0.15, 0.2) is 11.4 Å². The first-order chi connectivity index (χ1) is 13.4. The number of amides is 1. The Bertz CT molecular complexity index is 955. The Labute approximate surface area is 173 Å². The summed E-state index contributed by atoms with van der Waals surface area (Å²) < 4.78 is 0.775. The smallest absolute Gasteiger partial charge is 0.264 e. The van der Waals surface area contributed by atoms with E-state index in [1.165, 1.54) is 17.5 Å². The van der Waals surface area contributed by atoms with Gasteiger partial charge in [0.1, 0.15) is 0 Å². The number of benzene rings is 2. The Balaban J connectivity index is 1.67. The molecule has 0 spiro atoms. The average molecular weight is 442 g/mol. The number of hydrogen-bond donors (Lipinski definition) is 1. The maximum absolute atomic E-state index is 13.1. The number of hydrogen-bond acceptors (Lipinski definition) is 3. The molecular weight excluding hydrogens is 418 g/mol. The molecule has 1 heterocycles. The highest BCUT2D eigenvalue weighted by Crippen LogP contribution is 2.44. The van der Waals surface area contributed by atoms with Crippen molar-refractivity contribution in [1.29, 1.82) is 0 Å². The summed E-state index contributed by atoms with van der Waals surface area (Å²) in [5.74, 6) is -0.609. The van der Waals surface area contributed by atoms with Crippen LogP contribution in [0.25, 0.3) is 0 Å². The summed E-state index contributed by atoms with van der Waals surface area (Å²) in [5.41, 5.74) is 2.48. The molecule has 0 radical (unpaired) electrons. The zero-order chi connectivity index (χ0) is 19.9. The van der Waals surface area contributed by atoms with E-state index in [2.05, 4.69) is 15.9 Å². The number of rotatable bonds is 5. The summed E-state index contributed by atoms with van der Waals surface area (Å²) >= 11 is 3.42. The van der Waals surface area contributed by atoms with E-state index in [1.54, 1.807) is 11.0 Å². The van der Waals surface area contributed by atoms with E-state index in [-0.39, 0.29) is 12.2 Å². The Hall–Kier alpha value is -1.98. The Morgan fingerprint density at radius 3 is 2.64 bits per heavy atom. The quantitative estimate of drug-likeness (QED) is 0.692. The number of fused-ring (bicyclic) bond motifs is 2. The van der Waals surface area contributed by atoms with Crippen molar-refractivity contribution >= 4 is 33.3 Å². The van der Waals surface area contributed by atoms with Crippen LogP contribution in [0.1, 0.15) is 59.7 Å². The van der Waals surface area contributed by atoms with Crippen molar-refractivity contribution in [3.05, 3.63) is 63.1 Å². The molecule has 0 saturated carbocycles. The van der Waals surface area contributed by atoms with E-state index >= 15 is 0 Å². The summed E-state index contributed by atoms with van der Waals surface area (Å²) in [6.45, 7) is 2.50. The standard InChI is InChI=1S/C23H24BrNO3/c1-2-11-25-20-10-9-18(24)13-19(20)23(28,22(25)27)14-21(26)17-8-7-15-5-3-4-6-16(15)12-17/h7-10,12-13,28H,2-6,11,14H2,1H3. The lowest BCUT2D eigenvalue weighted by Gasteiger charge is -2.23. The van der Waals surface area contributed by atoms with Crippen LogP contribution in [0, 0.1) is 0 Å². The van der Waals surface area contributed by atoms with Crippen LogP contribution >= 0.6 is 15.9 Å². The van der Waals surface area contributed by atoms with Gasteiger partial charge < -0.3 is 10.0 Å². The summed E-state index contributed by atoms with van der Waals surface area (Å²) in [5, 5.41) is 11.4. The van der Waals surface area contributed by atoms with Crippen LogP contribution in [-0.2, 0) is 23.2 Å². The number of aliphatic hydroxyl groups is 1. The second kappa shape index (κ2) is 7.45. The van der Waals surface area contributed by atoms with Crippen LogP contribution < -0.4 is 4.90 Å². The van der Waals surface area contributed by atoms with Crippen LogP contribution in [0.5, 0.6) is 0 Å². The van der Waals surface area contributed by atoms with Gasteiger partial charge in [-0.15, -0.1) is 0 Å². The molecule has 1 N–H and O–H groups in total. The molecule has 1 atom stereocenters. The van der Waals surface area contributed by atoms with E-state index in [9.17, 15) is 14.7 Å². The van der Waals surface area contributed by atoms with Crippen LogP contribution in [0.4, 0.5) is 5.69 Å². The number of anilines is 1. The number of halogens is 1. The number of aryl methyl sites for hydroxylation is 2. The minimum absolute atomic E-state index is 0.200. The number of ketones is 1. The van der Waals surface area contributed by atoms with E-state index in [4.69, 9.17) is 0 Å². The van der Waals surface area contributed by atoms with Gasteiger partial charge in [-0.05, 0) is 67.5 Å². The molecule has 2 aliphatic rings. The molecule has 1 amide bonds. The van der Waals surface area contributed by atoms with Gasteiger partial charge in [0.2, 0.25) is 0 Å². The molecule has 2 aromatic rings. The first kappa shape index (κ1) is 19.3. The summed E-state index contributed by atoms with van der Waals surface area (Å²) in [4.78, 5) is 27.7. The van der Waals surface area contributed by atoms with Gasteiger partial charge in [-0.2, -0.15) is 0 Å². The first-order valence-corrected chi connectivity index (χ1v) is 10.7. The second-order valence-corrected chi connectivity index (χ2v) is 8.68. The molecule has 0 saturated heterocycles. The van der Waals surface area contributed by atoms with Crippen LogP contribution in [0.15, 0.2) is 40.9 Å². The largest absolute Gasteiger partial charge is 0.375 e. The highest BCUT2D eigenvalue weighted by molar-refractivity contribution is 9.10.